The lowest BCUT2D eigenvalue weighted by Gasteiger charge is -2.00. The molecule has 0 aliphatic carbocycles. The molecule has 18 heavy (non-hydrogen) atoms. The Morgan fingerprint density at radius 3 is 3.06 bits per heavy atom. The molecular weight excluding hydrogens is 246 g/mol. The van der Waals surface area contributed by atoms with Gasteiger partial charge in [-0.1, -0.05) is 49.4 Å². The molecule has 98 valence electrons. The zero-order chi connectivity index (χ0) is 13.2. The van der Waals surface area contributed by atoms with E-state index in [1.807, 2.05) is 0 Å². The molecule has 0 fully saturated rings. The van der Waals surface area contributed by atoms with E-state index in [9.17, 15) is 4.79 Å². The maximum Gasteiger partial charge on any atom is 0.226 e. The zero-order valence-corrected chi connectivity index (χ0v) is 11.5. The van der Waals surface area contributed by atoms with Crippen LogP contribution in [0.25, 0.3) is 0 Å². The summed E-state index contributed by atoms with van der Waals surface area (Å²) < 4.78 is 0. The number of nitrogens with two attached hydrogens (primary N) is 1. The molecule has 1 heterocycles. The van der Waals surface area contributed by atoms with Gasteiger partial charge >= 0.3 is 0 Å². The van der Waals surface area contributed by atoms with Gasteiger partial charge in [-0.2, -0.15) is 0 Å². The van der Waals surface area contributed by atoms with Gasteiger partial charge in [0.2, 0.25) is 5.91 Å². The van der Waals surface area contributed by atoms with Crippen LogP contribution in [0.3, 0.4) is 0 Å². The second kappa shape index (κ2) is 8.67. The summed E-state index contributed by atoms with van der Waals surface area (Å²) in [6.45, 7) is 2.48. The molecular formula is C13H19N3OS. The van der Waals surface area contributed by atoms with Crippen molar-refractivity contribution in [2.24, 2.45) is 5.73 Å². The van der Waals surface area contributed by atoms with Crippen LogP contribution in [0.1, 0.15) is 43.9 Å². The number of carbonyl (C=O) groups excluding carboxylic acids is 1. The molecule has 0 saturated heterocycles. The van der Waals surface area contributed by atoms with Crippen molar-refractivity contribution in [3.05, 3.63) is 11.1 Å². The summed E-state index contributed by atoms with van der Waals surface area (Å²) in [5.74, 6) is 5.67. The minimum atomic E-state index is 0.0267. The summed E-state index contributed by atoms with van der Waals surface area (Å²) in [4.78, 5) is 16.5. The minimum absolute atomic E-state index is 0.0267. The van der Waals surface area contributed by atoms with Crippen molar-refractivity contribution in [2.75, 3.05) is 11.9 Å². The van der Waals surface area contributed by atoms with Gasteiger partial charge in [0.15, 0.2) is 5.13 Å². The number of amides is 1. The third-order valence-corrected chi connectivity index (χ3v) is 3.15. The standard InChI is InChI=1S/C13H19N3OS/c1-2-3-4-5-8-12(17)16-13-15-10-11(18-13)7-6-9-14/h10H,2-5,8-9,14H2,1H3,(H,15,16,17). The third-order valence-electron chi connectivity index (χ3n) is 2.32. The summed E-state index contributed by atoms with van der Waals surface area (Å²) in [5, 5.41) is 3.39. The molecule has 1 aromatic heterocycles. The van der Waals surface area contributed by atoms with Crippen LogP contribution >= 0.6 is 11.3 Å². The van der Waals surface area contributed by atoms with E-state index in [4.69, 9.17) is 5.73 Å². The normalized spacial score (nSPS) is 9.67. The summed E-state index contributed by atoms with van der Waals surface area (Å²) in [6, 6.07) is 0. The van der Waals surface area contributed by atoms with E-state index in [0.717, 1.165) is 17.7 Å². The fourth-order valence-corrected chi connectivity index (χ4v) is 2.13. The summed E-state index contributed by atoms with van der Waals surface area (Å²) in [5.41, 5.74) is 5.28. The first-order valence-electron chi connectivity index (χ1n) is 6.21. The van der Waals surface area contributed by atoms with Gasteiger partial charge in [-0.25, -0.2) is 4.98 Å². The van der Waals surface area contributed by atoms with Crippen molar-refractivity contribution < 1.29 is 4.79 Å². The van der Waals surface area contributed by atoms with Crippen molar-refractivity contribution in [3.63, 3.8) is 0 Å². The Kier molecular flexibility index (Phi) is 7.07. The second-order valence-corrected chi connectivity index (χ2v) is 4.93. The highest BCUT2D eigenvalue weighted by Crippen LogP contribution is 2.17. The summed E-state index contributed by atoms with van der Waals surface area (Å²) in [6.07, 6.45) is 6.62. The Labute approximate surface area is 112 Å². The molecule has 0 aromatic carbocycles. The Hall–Kier alpha value is -1.38. The highest BCUT2D eigenvalue weighted by molar-refractivity contribution is 7.16. The van der Waals surface area contributed by atoms with E-state index < -0.39 is 0 Å². The van der Waals surface area contributed by atoms with E-state index in [1.54, 1.807) is 6.20 Å². The molecule has 1 aromatic rings. The maximum atomic E-state index is 11.6. The Morgan fingerprint density at radius 1 is 1.50 bits per heavy atom. The van der Waals surface area contributed by atoms with E-state index in [1.165, 1.54) is 24.2 Å². The molecule has 4 nitrogen and oxygen atoms in total. The third kappa shape index (κ3) is 5.80. The van der Waals surface area contributed by atoms with Gasteiger partial charge in [-0.05, 0) is 6.42 Å². The van der Waals surface area contributed by atoms with E-state index in [2.05, 4.69) is 29.1 Å². The number of anilines is 1. The smallest absolute Gasteiger partial charge is 0.226 e. The number of unbranched alkanes of at least 4 members (excludes halogenated alkanes) is 3. The van der Waals surface area contributed by atoms with Gasteiger partial charge in [0.05, 0.1) is 17.6 Å². The zero-order valence-electron chi connectivity index (χ0n) is 10.7. The quantitative estimate of drug-likeness (QED) is 0.613. The highest BCUT2D eigenvalue weighted by Gasteiger charge is 2.05. The monoisotopic (exact) mass is 265 g/mol. The predicted molar refractivity (Wildman–Crippen MR) is 75.4 cm³/mol. The van der Waals surface area contributed by atoms with E-state index in [0.29, 0.717) is 18.1 Å². The number of nitrogens with zero attached hydrogens (tertiary/aromatic N) is 1. The maximum absolute atomic E-state index is 11.6. The number of rotatable bonds is 6. The SMILES string of the molecule is CCCCCCC(=O)Nc1ncc(C#CCN)s1. The molecule has 0 radical (unpaired) electrons. The van der Waals surface area contributed by atoms with Crippen molar-refractivity contribution >= 4 is 22.4 Å². The molecule has 0 atom stereocenters. The predicted octanol–water partition coefficient (Wildman–Crippen LogP) is 2.36. The van der Waals surface area contributed by atoms with Crippen molar-refractivity contribution in [3.8, 4) is 11.8 Å². The highest BCUT2D eigenvalue weighted by atomic mass is 32.1. The molecule has 0 bridgehead atoms. The Morgan fingerprint density at radius 2 is 2.33 bits per heavy atom. The van der Waals surface area contributed by atoms with Gasteiger partial charge in [0, 0.05) is 6.42 Å². The molecule has 0 spiro atoms. The van der Waals surface area contributed by atoms with Crippen LogP contribution in [0.15, 0.2) is 6.20 Å². The number of aromatic nitrogens is 1. The van der Waals surface area contributed by atoms with Gasteiger partial charge in [-0.3, -0.25) is 4.79 Å². The fraction of sp³-hybridized carbons (Fsp3) is 0.538. The van der Waals surface area contributed by atoms with Gasteiger partial charge in [0.1, 0.15) is 0 Å². The molecule has 0 aliphatic heterocycles. The Balaban J connectivity index is 2.33. The molecule has 5 heteroatoms. The van der Waals surface area contributed by atoms with Crippen LogP contribution in [0.2, 0.25) is 0 Å². The lowest BCUT2D eigenvalue weighted by Crippen LogP contribution is -2.10. The van der Waals surface area contributed by atoms with E-state index >= 15 is 0 Å². The second-order valence-electron chi connectivity index (χ2n) is 3.89. The number of carbonyl (C=O) groups is 1. The lowest BCUT2D eigenvalue weighted by atomic mass is 10.1. The number of nitrogens with one attached hydrogen (secondary N) is 1. The fourth-order valence-electron chi connectivity index (χ4n) is 1.42. The van der Waals surface area contributed by atoms with Crippen LogP contribution in [0, 0.1) is 11.8 Å². The van der Waals surface area contributed by atoms with Crippen molar-refractivity contribution in [2.45, 2.75) is 39.0 Å². The van der Waals surface area contributed by atoms with Crippen LogP contribution in [-0.4, -0.2) is 17.4 Å². The molecule has 1 rings (SSSR count). The van der Waals surface area contributed by atoms with Crippen LogP contribution in [-0.2, 0) is 4.79 Å². The van der Waals surface area contributed by atoms with Gasteiger partial charge < -0.3 is 11.1 Å². The number of hydrogen-bond donors (Lipinski definition) is 2. The van der Waals surface area contributed by atoms with Gasteiger partial charge in [0.25, 0.3) is 0 Å². The summed E-state index contributed by atoms with van der Waals surface area (Å²) >= 11 is 1.37. The number of thiazole rings is 1. The molecule has 3 N–H and O–H groups in total. The molecule has 0 unspecified atom stereocenters. The lowest BCUT2D eigenvalue weighted by molar-refractivity contribution is -0.116. The molecule has 1 amide bonds. The first kappa shape index (κ1) is 14.7. The topological polar surface area (TPSA) is 68.0 Å². The first-order valence-corrected chi connectivity index (χ1v) is 7.02. The minimum Gasteiger partial charge on any atom is -0.320 e. The van der Waals surface area contributed by atoms with Crippen LogP contribution < -0.4 is 11.1 Å². The van der Waals surface area contributed by atoms with Crippen LogP contribution in [0.4, 0.5) is 5.13 Å². The average Bonchev–Trinajstić information content (AvgIpc) is 2.80. The first-order chi connectivity index (χ1) is 8.76. The van der Waals surface area contributed by atoms with Crippen LogP contribution in [0.5, 0.6) is 0 Å². The van der Waals surface area contributed by atoms with E-state index in [-0.39, 0.29) is 5.91 Å². The molecule has 0 saturated carbocycles. The number of hydrogen-bond acceptors (Lipinski definition) is 4. The molecule has 0 aliphatic rings. The Bertz CT molecular complexity index is 431. The summed E-state index contributed by atoms with van der Waals surface area (Å²) in [7, 11) is 0. The average molecular weight is 265 g/mol. The van der Waals surface area contributed by atoms with Gasteiger partial charge in [-0.15, -0.1) is 0 Å². The van der Waals surface area contributed by atoms with Crippen molar-refractivity contribution in [1.82, 2.24) is 4.98 Å². The van der Waals surface area contributed by atoms with Crippen molar-refractivity contribution in [1.29, 1.82) is 0 Å². The largest absolute Gasteiger partial charge is 0.320 e.